The van der Waals surface area contributed by atoms with Gasteiger partial charge in [0.25, 0.3) is 0 Å². The second kappa shape index (κ2) is 5.56. The first-order valence-corrected chi connectivity index (χ1v) is 6.46. The Balaban J connectivity index is 2.24. The van der Waals surface area contributed by atoms with E-state index in [1.165, 1.54) is 13.2 Å². The Hall–Kier alpha value is -1.99. The van der Waals surface area contributed by atoms with Crippen LogP contribution >= 0.6 is 0 Å². The molecule has 4 heteroatoms. The summed E-state index contributed by atoms with van der Waals surface area (Å²) in [5.74, 6) is 6.12. The quantitative estimate of drug-likeness (QED) is 0.860. The van der Waals surface area contributed by atoms with E-state index in [2.05, 4.69) is 25.7 Å². The van der Waals surface area contributed by atoms with E-state index >= 15 is 0 Å². The fraction of sp³-hybridized carbons (Fsp3) is 0.438. The predicted octanol–water partition coefficient (Wildman–Crippen LogP) is 2.42. The molecule has 2 rings (SSSR count). The van der Waals surface area contributed by atoms with E-state index in [9.17, 15) is 4.79 Å². The number of carbonyl (C=O) groups is 1. The first-order chi connectivity index (χ1) is 9.44. The first-order valence-electron chi connectivity index (χ1n) is 6.46. The average Bonchev–Trinajstić information content (AvgIpc) is 2.33. The number of methoxy groups -OCH3 is 1. The SMILES string of the molecule is COc1cc(C#CC(C)(C)C2COC2)ccc1C(=O)O. The topological polar surface area (TPSA) is 55.8 Å². The molecule has 0 amide bonds. The Morgan fingerprint density at radius 2 is 2.15 bits per heavy atom. The maximum Gasteiger partial charge on any atom is 0.339 e. The largest absolute Gasteiger partial charge is 0.496 e. The van der Waals surface area contributed by atoms with Crippen molar-refractivity contribution in [3.63, 3.8) is 0 Å². The van der Waals surface area contributed by atoms with Crippen LogP contribution in [0.4, 0.5) is 0 Å². The van der Waals surface area contributed by atoms with Gasteiger partial charge in [-0.1, -0.05) is 11.8 Å². The maximum absolute atomic E-state index is 11.0. The van der Waals surface area contributed by atoms with Crippen molar-refractivity contribution in [2.45, 2.75) is 13.8 Å². The maximum atomic E-state index is 11.0. The van der Waals surface area contributed by atoms with E-state index in [0.29, 0.717) is 11.7 Å². The lowest BCUT2D eigenvalue weighted by Gasteiger charge is -2.36. The van der Waals surface area contributed by atoms with Gasteiger partial charge in [-0.25, -0.2) is 4.79 Å². The van der Waals surface area contributed by atoms with Crippen LogP contribution in [0.5, 0.6) is 5.75 Å². The van der Waals surface area contributed by atoms with Gasteiger partial charge in [-0.15, -0.1) is 0 Å². The Labute approximate surface area is 118 Å². The van der Waals surface area contributed by atoms with Gasteiger partial charge in [-0.05, 0) is 32.0 Å². The second-order valence-electron chi connectivity index (χ2n) is 5.43. The lowest BCUT2D eigenvalue weighted by molar-refractivity contribution is -0.0708. The summed E-state index contributed by atoms with van der Waals surface area (Å²) in [6.07, 6.45) is 0. The Kier molecular flexibility index (Phi) is 4.01. The van der Waals surface area contributed by atoms with Crippen LogP contribution in [0, 0.1) is 23.2 Å². The number of benzene rings is 1. The fourth-order valence-electron chi connectivity index (χ4n) is 1.93. The molecule has 1 N–H and O–H groups in total. The number of hydrogen-bond acceptors (Lipinski definition) is 3. The highest BCUT2D eigenvalue weighted by molar-refractivity contribution is 5.91. The number of carboxylic acids is 1. The summed E-state index contributed by atoms with van der Waals surface area (Å²) in [5, 5.41) is 9.03. The number of hydrogen-bond donors (Lipinski definition) is 1. The molecule has 1 fully saturated rings. The van der Waals surface area contributed by atoms with Crippen molar-refractivity contribution in [2.24, 2.45) is 11.3 Å². The minimum Gasteiger partial charge on any atom is -0.496 e. The van der Waals surface area contributed by atoms with E-state index < -0.39 is 5.97 Å². The van der Waals surface area contributed by atoms with Gasteiger partial charge in [0, 0.05) is 16.9 Å². The first kappa shape index (κ1) is 14.4. The summed E-state index contributed by atoms with van der Waals surface area (Å²) in [7, 11) is 1.45. The molecule has 0 aromatic heterocycles. The van der Waals surface area contributed by atoms with Crippen molar-refractivity contribution in [3.05, 3.63) is 29.3 Å². The molecule has 4 nitrogen and oxygen atoms in total. The molecule has 0 spiro atoms. The minimum absolute atomic E-state index is 0.114. The molecule has 1 aliphatic heterocycles. The van der Waals surface area contributed by atoms with Crippen LogP contribution < -0.4 is 4.74 Å². The molecule has 0 unspecified atom stereocenters. The summed E-state index contributed by atoms with van der Waals surface area (Å²) in [5.41, 5.74) is 0.779. The monoisotopic (exact) mass is 274 g/mol. The fourth-order valence-corrected chi connectivity index (χ4v) is 1.93. The standard InChI is InChI=1S/C16H18O4/c1-16(2,12-9-20-10-12)7-6-11-4-5-13(15(17)18)14(8-11)19-3/h4-5,8,12H,9-10H2,1-3H3,(H,17,18). The number of carboxylic acid groups (broad SMARTS) is 1. The normalized spacial score (nSPS) is 14.9. The molecule has 0 atom stereocenters. The van der Waals surface area contributed by atoms with Crippen molar-refractivity contribution in [2.75, 3.05) is 20.3 Å². The molecular formula is C16H18O4. The highest BCUT2D eigenvalue weighted by Crippen LogP contribution is 2.31. The van der Waals surface area contributed by atoms with E-state index in [4.69, 9.17) is 14.6 Å². The number of rotatable bonds is 3. The Bertz CT molecular complexity index is 574. The van der Waals surface area contributed by atoms with Crippen LogP contribution in [-0.4, -0.2) is 31.4 Å². The van der Waals surface area contributed by atoms with Crippen molar-refractivity contribution < 1.29 is 19.4 Å². The van der Waals surface area contributed by atoms with Gasteiger partial charge in [0.2, 0.25) is 0 Å². The van der Waals surface area contributed by atoms with E-state index in [1.807, 2.05) is 0 Å². The second-order valence-corrected chi connectivity index (χ2v) is 5.43. The Morgan fingerprint density at radius 1 is 1.45 bits per heavy atom. The minimum atomic E-state index is -1.01. The van der Waals surface area contributed by atoms with E-state index in [1.54, 1.807) is 12.1 Å². The molecular weight excluding hydrogens is 256 g/mol. The molecule has 1 heterocycles. The van der Waals surface area contributed by atoms with Crippen LogP contribution in [0.15, 0.2) is 18.2 Å². The van der Waals surface area contributed by atoms with Crippen LogP contribution in [-0.2, 0) is 4.74 Å². The Morgan fingerprint density at radius 3 is 2.65 bits per heavy atom. The van der Waals surface area contributed by atoms with Gasteiger partial charge in [0.15, 0.2) is 0 Å². The summed E-state index contributed by atoms with van der Waals surface area (Å²) in [6, 6.07) is 4.88. The van der Waals surface area contributed by atoms with Gasteiger partial charge >= 0.3 is 5.97 Å². The van der Waals surface area contributed by atoms with Gasteiger partial charge < -0.3 is 14.6 Å². The van der Waals surface area contributed by atoms with Crippen LogP contribution in [0.2, 0.25) is 0 Å². The molecule has 1 aliphatic rings. The zero-order chi connectivity index (χ0) is 14.8. The molecule has 20 heavy (non-hydrogen) atoms. The van der Waals surface area contributed by atoms with Crippen molar-refractivity contribution in [1.29, 1.82) is 0 Å². The number of ether oxygens (including phenoxy) is 2. The average molecular weight is 274 g/mol. The summed E-state index contributed by atoms with van der Waals surface area (Å²) in [4.78, 5) is 11.0. The molecule has 0 bridgehead atoms. The van der Waals surface area contributed by atoms with Crippen molar-refractivity contribution in [3.8, 4) is 17.6 Å². The van der Waals surface area contributed by atoms with Gasteiger partial charge in [-0.2, -0.15) is 0 Å². The number of aromatic carboxylic acids is 1. The summed E-state index contributed by atoms with van der Waals surface area (Å²) >= 11 is 0. The zero-order valence-electron chi connectivity index (χ0n) is 11.9. The lowest BCUT2D eigenvalue weighted by atomic mass is 9.78. The predicted molar refractivity (Wildman–Crippen MR) is 74.9 cm³/mol. The van der Waals surface area contributed by atoms with Crippen molar-refractivity contribution >= 4 is 5.97 Å². The highest BCUT2D eigenvalue weighted by Gasteiger charge is 2.33. The molecule has 0 aliphatic carbocycles. The van der Waals surface area contributed by atoms with Gasteiger partial charge in [0.05, 0.1) is 20.3 Å². The summed E-state index contributed by atoms with van der Waals surface area (Å²) < 4.78 is 10.3. The third-order valence-corrected chi connectivity index (χ3v) is 3.62. The third kappa shape index (κ3) is 2.94. The molecule has 0 saturated carbocycles. The lowest BCUT2D eigenvalue weighted by Crippen LogP contribution is -2.39. The van der Waals surface area contributed by atoms with E-state index in [0.717, 1.165) is 18.8 Å². The van der Waals surface area contributed by atoms with Gasteiger partial charge in [0.1, 0.15) is 11.3 Å². The van der Waals surface area contributed by atoms with E-state index in [-0.39, 0.29) is 11.0 Å². The van der Waals surface area contributed by atoms with Crippen LogP contribution in [0.1, 0.15) is 29.8 Å². The van der Waals surface area contributed by atoms with Crippen molar-refractivity contribution in [1.82, 2.24) is 0 Å². The third-order valence-electron chi connectivity index (χ3n) is 3.62. The highest BCUT2D eigenvalue weighted by atomic mass is 16.5. The molecule has 1 aromatic carbocycles. The molecule has 1 aromatic rings. The smallest absolute Gasteiger partial charge is 0.339 e. The zero-order valence-corrected chi connectivity index (χ0v) is 11.9. The van der Waals surface area contributed by atoms with Crippen LogP contribution in [0.25, 0.3) is 0 Å². The molecule has 106 valence electrons. The van der Waals surface area contributed by atoms with Crippen LogP contribution in [0.3, 0.4) is 0 Å². The molecule has 1 saturated heterocycles. The summed E-state index contributed by atoms with van der Waals surface area (Å²) in [6.45, 7) is 5.69. The molecule has 0 radical (unpaired) electrons. The van der Waals surface area contributed by atoms with Gasteiger partial charge in [-0.3, -0.25) is 0 Å².